The van der Waals surface area contributed by atoms with Crippen LogP contribution in [0, 0.1) is 0 Å². The zero-order valence-corrected chi connectivity index (χ0v) is 24.8. The molecule has 0 aromatic carbocycles. The minimum Gasteiger partial charge on any atom is -0.382 e. The molecule has 7 nitrogen and oxygen atoms in total. The smallest absolute Gasteiger partial charge is 0.382 e. The lowest BCUT2D eigenvalue weighted by Gasteiger charge is -2.37. The number of piperidine rings is 1. The Morgan fingerprint density at radius 1 is 0.778 bits per heavy atom. The number of unbranched alkanes of at least 4 members (excludes halogenated alkanes) is 13. The molecule has 36 heavy (non-hydrogen) atoms. The summed E-state index contributed by atoms with van der Waals surface area (Å²) in [6.45, 7) is 6.46. The van der Waals surface area contributed by atoms with Gasteiger partial charge in [-0.15, -0.1) is 0 Å². The van der Waals surface area contributed by atoms with E-state index in [9.17, 15) is 9.46 Å². The molecule has 2 atom stereocenters. The van der Waals surface area contributed by atoms with Crippen LogP contribution in [0.4, 0.5) is 0 Å². The second-order valence-electron chi connectivity index (χ2n) is 11.0. The summed E-state index contributed by atoms with van der Waals surface area (Å²) in [5.41, 5.74) is 0. The number of quaternary nitrogens is 1. The van der Waals surface area contributed by atoms with E-state index in [4.69, 9.17) is 18.5 Å². The Hall–Kier alpha value is -0.0100. The SMILES string of the molecule is CCCCCCCCCCCCCCCCOCC(COC)OP(=O)(O)OCC[N+]1(C)CCCCC1. The number of hydrogen-bond donors (Lipinski definition) is 1. The van der Waals surface area contributed by atoms with E-state index >= 15 is 0 Å². The van der Waals surface area contributed by atoms with E-state index in [-0.39, 0.29) is 19.8 Å². The minimum atomic E-state index is -4.14. The minimum absolute atomic E-state index is 0.195. The van der Waals surface area contributed by atoms with Crippen molar-refractivity contribution in [3.8, 4) is 0 Å². The molecule has 0 aromatic heterocycles. The van der Waals surface area contributed by atoms with Gasteiger partial charge in [-0.2, -0.15) is 0 Å². The number of rotatable bonds is 25. The zero-order valence-electron chi connectivity index (χ0n) is 23.9. The summed E-state index contributed by atoms with van der Waals surface area (Å²) in [4.78, 5) is 10.2. The van der Waals surface area contributed by atoms with Gasteiger partial charge in [0.15, 0.2) is 0 Å². The molecule has 1 heterocycles. The van der Waals surface area contributed by atoms with Crippen LogP contribution in [-0.4, -0.2) is 75.7 Å². The van der Waals surface area contributed by atoms with Gasteiger partial charge in [-0.1, -0.05) is 90.4 Å². The highest BCUT2D eigenvalue weighted by Gasteiger charge is 2.30. The van der Waals surface area contributed by atoms with Gasteiger partial charge in [-0.3, -0.25) is 9.05 Å². The maximum absolute atomic E-state index is 12.4. The van der Waals surface area contributed by atoms with Crippen molar-refractivity contribution >= 4 is 7.82 Å². The molecule has 1 saturated heterocycles. The average Bonchev–Trinajstić information content (AvgIpc) is 2.84. The molecule has 0 saturated carbocycles. The van der Waals surface area contributed by atoms with Crippen molar-refractivity contribution < 1.29 is 32.5 Å². The molecule has 0 radical (unpaired) electrons. The van der Waals surface area contributed by atoms with Crippen molar-refractivity contribution in [3.63, 3.8) is 0 Å². The van der Waals surface area contributed by atoms with Crippen molar-refractivity contribution in [3.05, 3.63) is 0 Å². The average molecular weight is 537 g/mol. The second-order valence-corrected chi connectivity index (χ2v) is 12.4. The number of phosphoric acid groups is 1. The Bertz CT molecular complexity index is 544. The van der Waals surface area contributed by atoms with Gasteiger partial charge in [0.2, 0.25) is 0 Å². The van der Waals surface area contributed by atoms with Crippen LogP contribution in [0.25, 0.3) is 0 Å². The summed E-state index contributed by atoms with van der Waals surface area (Å²) in [5.74, 6) is 0. The summed E-state index contributed by atoms with van der Waals surface area (Å²) in [5, 5.41) is 0. The number of nitrogens with zero attached hydrogens (tertiary/aromatic N) is 1. The summed E-state index contributed by atoms with van der Waals surface area (Å²) in [6, 6.07) is 0. The third kappa shape index (κ3) is 19.1. The van der Waals surface area contributed by atoms with Gasteiger partial charge in [0.05, 0.1) is 33.4 Å². The second kappa shape index (κ2) is 21.9. The Morgan fingerprint density at radius 2 is 1.31 bits per heavy atom. The lowest BCUT2D eigenvalue weighted by molar-refractivity contribution is -0.914. The highest BCUT2D eigenvalue weighted by molar-refractivity contribution is 7.47. The molecule has 0 aliphatic carbocycles. The van der Waals surface area contributed by atoms with Gasteiger partial charge in [0.25, 0.3) is 0 Å². The molecule has 1 fully saturated rings. The van der Waals surface area contributed by atoms with E-state index in [0.29, 0.717) is 6.61 Å². The van der Waals surface area contributed by atoms with Gasteiger partial charge in [0, 0.05) is 13.7 Å². The van der Waals surface area contributed by atoms with Crippen LogP contribution >= 0.6 is 7.82 Å². The summed E-state index contributed by atoms with van der Waals surface area (Å²) in [7, 11) is -0.402. The third-order valence-electron chi connectivity index (χ3n) is 7.36. The predicted octanol–water partition coefficient (Wildman–Crippen LogP) is 7.26. The maximum Gasteiger partial charge on any atom is 0.472 e. The number of hydrogen-bond acceptors (Lipinski definition) is 5. The first-order valence-corrected chi connectivity index (χ1v) is 16.5. The van der Waals surface area contributed by atoms with Gasteiger partial charge in [-0.25, -0.2) is 4.57 Å². The molecule has 8 heteroatoms. The fraction of sp³-hybridized carbons (Fsp3) is 1.00. The van der Waals surface area contributed by atoms with Crippen LogP contribution in [0.15, 0.2) is 0 Å². The lowest BCUT2D eigenvalue weighted by atomic mass is 10.0. The molecule has 0 amide bonds. The van der Waals surface area contributed by atoms with Crippen LogP contribution in [0.3, 0.4) is 0 Å². The van der Waals surface area contributed by atoms with Crippen LogP contribution in [-0.2, 0) is 23.1 Å². The third-order valence-corrected chi connectivity index (χ3v) is 8.44. The quantitative estimate of drug-likeness (QED) is 0.0752. The van der Waals surface area contributed by atoms with Crippen LogP contribution in [0.5, 0.6) is 0 Å². The standard InChI is InChI=1S/C28H58NO6P/c1-4-5-6-7-8-9-10-11-12-13-14-15-16-20-24-33-27-28(26-32-3)35-36(30,31)34-25-23-29(2)21-18-17-19-22-29/h28H,4-27H2,1-3H3/p+1. The Balaban J connectivity index is 2.01. The van der Waals surface area contributed by atoms with Crippen LogP contribution in [0.1, 0.15) is 116 Å². The van der Waals surface area contributed by atoms with Crippen molar-refractivity contribution in [1.82, 2.24) is 0 Å². The van der Waals surface area contributed by atoms with E-state index in [0.717, 1.165) is 37.0 Å². The van der Waals surface area contributed by atoms with Crippen molar-refractivity contribution in [2.24, 2.45) is 0 Å². The van der Waals surface area contributed by atoms with Gasteiger partial charge >= 0.3 is 7.82 Å². The van der Waals surface area contributed by atoms with Gasteiger partial charge < -0.3 is 18.9 Å². The summed E-state index contributed by atoms with van der Waals surface area (Å²) >= 11 is 0. The van der Waals surface area contributed by atoms with Crippen molar-refractivity contribution in [1.29, 1.82) is 0 Å². The predicted molar refractivity (Wildman–Crippen MR) is 148 cm³/mol. The molecular formula is C28H59NO6P+. The van der Waals surface area contributed by atoms with E-state index in [2.05, 4.69) is 14.0 Å². The molecule has 0 bridgehead atoms. The van der Waals surface area contributed by atoms with Crippen molar-refractivity contribution in [2.75, 3.05) is 60.2 Å². The molecule has 0 aromatic rings. The molecule has 1 aliphatic heterocycles. The van der Waals surface area contributed by atoms with E-state index in [1.54, 1.807) is 7.11 Å². The first-order valence-electron chi connectivity index (χ1n) is 15.0. The fourth-order valence-electron chi connectivity index (χ4n) is 5.00. The first kappa shape index (κ1) is 34.0. The highest BCUT2D eigenvalue weighted by atomic mass is 31.2. The molecule has 216 valence electrons. The highest BCUT2D eigenvalue weighted by Crippen LogP contribution is 2.44. The number of likely N-dealkylation sites (tertiary alicyclic amines) is 1. The van der Waals surface area contributed by atoms with E-state index in [1.807, 2.05) is 0 Å². The van der Waals surface area contributed by atoms with Crippen LogP contribution < -0.4 is 0 Å². The van der Waals surface area contributed by atoms with Crippen molar-refractivity contribution in [2.45, 2.75) is 122 Å². The van der Waals surface area contributed by atoms with E-state index < -0.39 is 13.9 Å². The monoisotopic (exact) mass is 536 g/mol. The van der Waals surface area contributed by atoms with Gasteiger partial charge in [-0.05, 0) is 25.7 Å². The Labute approximate surface area is 222 Å². The van der Waals surface area contributed by atoms with Crippen LogP contribution in [0.2, 0.25) is 0 Å². The molecule has 1 N–H and O–H groups in total. The number of phosphoric ester groups is 1. The summed E-state index contributed by atoms with van der Waals surface area (Å²) in [6.07, 6.45) is 21.6. The molecular weight excluding hydrogens is 477 g/mol. The number of likely N-dealkylation sites (N-methyl/N-ethyl adjacent to an activating group) is 1. The lowest BCUT2D eigenvalue weighted by Crippen LogP contribution is -2.49. The molecule has 1 aliphatic rings. The molecule has 0 spiro atoms. The largest absolute Gasteiger partial charge is 0.472 e. The number of methoxy groups -OCH3 is 1. The topological polar surface area (TPSA) is 74.2 Å². The maximum atomic E-state index is 12.4. The molecule has 2 unspecified atom stereocenters. The molecule has 1 rings (SSSR count). The normalized spacial score (nSPS) is 18.2. The Kier molecular flexibility index (Phi) is 20.7. The van der Waals surface area contributed by atoms with E-state index in [1.165, 1.54) is 96.3 Å². The zero-order chi connectivity index (χ0) is 26.4. The van der Waals surface area contributed by atoms with Gasteiger partial charge in [0.1, 0.15) is 19.3 Å². The first-order chi connectivity index (χ1) is 17.4. The summed E-state index contributed by atoms with van der Waals surface area (Å²) < 4.78 is 34.8. The number of ether oxygens (including phenoxy) is 2. The Morgan fingerprint density at radius 3 is 1.83 bits per heavy atom. The fourth-order valence-corrected chi connectivity index (χ4v) is 5.87.